The van der Waals surface area contributed by atoms with Crippen molar-refractivity contribution in [1.82, 2.24) is 0 Å². The summed E-state index contributed by atoms with van der Waals surface area (Å²) >= 11 is 0. The fraction of sp³-hybridized carbons (Fsp3) is 0.571. The second-order valence-electron chi connectivity index (χ2n) is 1.36. The van der Waals surface area contributed by atoms with Gasteiger partial charge in [0.15, 0.2) is 0 Å². The number of rotatable bonds is 3. The van der Waals surface area contributed by atoms with Gasteiger partial charge in [-0.2, -0.15) is 0 Å². The third-order valence-corrected chi connectivity index (χ3v) is 0.689. The van der Waals surface area contributed by atoms with Crippen molar-refractivity contribution >= 4 is 6.29 Å². The molecule has 0 amide bonds. The minimum absolute atomic E-state index is 0.313. The highest BCUT2D eigenvalue weighted by atomic mass is 16.5. The molecule has 0 unspecified atom stereocenters. The van der Waals surface area contributed by atoms with Crippen LogP contribution in [-0.4, -0.2) is 19.5 Å². The van der Waals surface area contributed by atoms with E-state index in [1.54, 1.807) is 0 Å². The van der Waals surface area contributed by atoms with Gasteiger partial charge in [-0.05, 0) is 6.92 Å². The summed E-state index contributed by atoms with van der Waals surface area (Å²) in [7, 11) is 0. The van der Waals surface area contributed by atoms with Gasteiger partial charge in [0.25, 0.3) is 0 Å². The van der Waals surface area contributed by atoms with Gasteiger partial charge in [0, 0.05) is 6.61 Å². The van der Waals surface area contributed by atoms with Crippen molar-refractivity contribution in [3.05, 3.63) is 0 Å². The Hall–Kier alpha value is -0.810. The van der Waals surface area contributed by atoms with Crippen LogP contribution in [-0.2, 0) is 9.53 Å². The molecule has 0 rings (SSSR count). The van der Waals surface area contributed by atoms with Gasteiger partial charge in [-0.1, -0.05) is 11.8 Å². The van der Waals surface area contributed by atoms with Gasteiger partial charge in [-0.15, -0.1) is 0 Å². The van der Waals surface area contributed by atoms with Gasteiger partial charge in [0.1, 0.15) is 12.9 Å². The number of hydrogen-bond acceptors (Lipinski definition) is 2. The molecule has 0 heterocycles. The summed E-state index contributed by atoms with van der Waals surface area (Å²) in [6, 6.07) is 0. The van der Waals surface area contributed by atoms with Crippen LogP contribution >= 0.6 is 0 Å². The molecule has 0 N–H and O–H groups in total. The number of aldehydes is 1. The lowest BCUT2D eigenvalue weighted by Crippen LogP contribution is -1.88. The maximum absolute atomic E-state index is 9.69. The molecule has 0 radical (unpaired) electrons. The first-order valence-corrected chi connectivity index (χ1v) is 2.89. The van der Waals surface area contributed by atoms with Crippen LogP contribution in [0.2, 0.25) is 0 Å². The second kappa shape index (κ2) is 7.19. The Balaban J connectivity index is 3.05. The van der Waals surface area contributed by atoms with Gasteiger partial charge in [-0.3, -0.25) is 0 Å². The highest BCUT2D eigenvalue weighted by Gasteiger charge is 1.72. The van der Waals surface area contributed by atoms with E-state index in [9.17, 15) is 4.79 Å². The molecular formula is C7H10O2. The first-order chi connectivity index (χ1) is 4.41. The van der Waals surface area contributed by atoms with E-state index >= 15 is 0 Å². The van der Waals surface area contributed by atoms with Crippen molar-refractivity contribution in [2.45, 2.75) is 13.3 Å². The molecule has 0 aromatic rings. The highest BCUT2D eigenvalue weighted by molar-refractivity contribution is 5.53. The molecule has 0 saturated heterocycles. The van der Waals surface area contributed by atoms with E-state index in [0.29, 0.717) is 19.6 Å². The van der Waals surface area contributed by atoms with E-state index in [1.165, 1.54) is 0 Å². The third-order valence-electron chi connectivity index (χ3n) is 0.689. The maximum atomic E-state index is 9.69. The monoisotopic (exact) mass is 126 g/mol. The Labute approximate surface area is 55.2 Å². The Morgan fingerprint density at radius 3 is 2.89 bits per heavy atom. The summed E-state index contributed by atoms with van der Waals surface area (Å²) in [6.45, 7) is 3.02. The van der Waals surface area contributed by atoms with E-state index in [0.717, 1.165) is 6.29 Å². The van der Waals surface area contributed by atoms with Crippen molar-refractivity contribution in [1.29, 1.82) is 0 Å². The highest BCUT2D eigenvalue weighted by Crippen LogP contribution is 1.70. The van der Waals surface area contributed by atoms with E-state index in [1.807, 2.05) is 6.92 Å². The fourth-order valence-electron chi connectivity index (χ4n) is 0.318. The zero-order valence-electron chi connectivity index (χ0n) is 5.52. The summed E-state index contributed by atoms with van der Waals surface area (Å²) in [5.74, 6) is 5.31. The lowest BCUT2D eigenvalue weighted by molar-refractivity contribution is -0.107. The van der Waals surface area contributed by atoms with Crippen molar-refractivity contribution < 1.29 is 9.53 Å². The van der Waals surface area contributed by atoms with Gasteiger partial charge in [-0.25, -0.2) is 0 Å². The maximum Gasteiger partial charge on any atom is 0.131 e. The zero-order valence-corrected chi connectivity index (χ0v) is 5.52. The largest absolute Gasteiger partial charge is 0.369 e. The third kappa shape index (κ3) is 7.19. The van der Waals surface area contributed by atoms with Crippen LogP contribution < -0.4 is 0 Å². The van der Waals surface area contributed by atoms with Gasteiger partial charge < -0.3 is 9.53 Å². The molecule has 2 heteroatoms. The van der Waals surface area contributed by atoms with Crippen LogP contribution in [0.5, 0.6) is 0 Å². The summed E-state index contributed by atoms with van der Waals surface area (Å²) in [4.78, 5) is 9.69. The molecular weight excluding hydrogens is 116 g/mol. The first-order valence-electron chi connectivity index (χ1n) is 2.89. The topological polar surface area (TPSA) is 26.3 Å². The minimum atomic E-state index is 0.313. The van der Waals surface area contributed by atoms with Crippen LogP contribution in [0.3, 0.4) is 0 Å². The fourth-order valence-corrected chi connectivity index (χ4v) is 0.318. The molecule has 2 nitrogen and oxygen atoms in total. The Morgan fingerprint density at radius 2 is 2.33 bits per heavy atom. The molecule has 0 saturated carbocycles. The standard InChI is InChI=1S/C7H10O2/c1-2-9-7-5-3-4-6-8/h6H,2,4,7H2,1H3. The lowest BCUT2D eigenvalue weighted by Gasteiger charge is -1.87. The summed E-state index contributed by atoms with van der Waals surface area (Å²) < 4.78 is 4.89. The van der Waals surface area contributed by atoms with Crippen LogP contribution in [0.15, 0.2) is 0 Å². The van der Waals surface area contributed by atoms with E-state index in [-0.39, 0.29) is 0 Å². The Bertz CT molecular complexity index is 119. The molecule has 0 aliphatic rings. The Morgan fingerprint density at radius 1 is 1.56 bits per heavy atom. The number of ether oxygens (including phenoxy) is 1. The number of carbonyl (C=O) groups is 1. The predicted octanol–water partition coefficient (Wildman–Crippen LogP) is 0.615. The molecule has 0 aliphatic heterocycles. The predicted molar refractivity (Wildman–Crippen MR) is 34.9 cm³/mol. The number of hydrogen-bond donors (Lipinski definition) is 0. The van der Waals surface area contributed by atoms with E-state index in [4.69, 9.17) is 4.74 Å². The molecule has 0 bridgehead atoms. The summed E-state index contributed by atoms with van der Waals surface area (Å²) in [6.07, 6.45) is 1.09. The first kappa shape index (κ1) is 8.19. The molecule has 0 spiro atoms. The van der Waals surface area contributed by atoms with Crippen molar-refractivity contribution in [2.75, 3.05) is 13.2 Å². The van der Waals surface area contributed by atoms with Gasteiger partial charge in [0.2, 0.25) is 0 Å². The van der Waals surface area contributed by atoms with Gasteiger partial charge in [0.05, 0.1) is 6.42 Å². The lowest BCUT2D eigenvalue weighted by atomic mass is 10.5. The normalized spacial score (nSPS) is 7.67. The molecule has 0 aromatic carbocycles. The minimum Gasteiger partial charge on any atom is -0.369 e. The Kier molecular flexibility index (Phi) is 6.54. The van der Waals surface area contributed by atoms with Crippen molar-refractivity contribution in [2.24, 2.45) is 0 Å². The second-order valence-corrected chi connectivity index (χ2v) is 1.36. The molecule has 0 fully saturated rings. The van der Waals surface area contributed by atoms with Gasteiger partial charge >= 0.3 is 0 Å². The molecule has 0 aromatic heterocycles. The van der Waals surface area contributed by atoms with Crippen molar-refractivity contribution in [3.63, 3.8) is 0 Å². The van der Waals surface area contributed by atoms with Crippen LogP contribution in [0.1, 0.15) is 13.3 Å². The summed E-state index contributed by atoms with van der Waals surface area (Å²) in [5.41, 5.74) is 0. The number of carbonyl (C=O) groups excluding carboxylic acids is 1. The smallest absolute Gasteiger partial charge is 0.131 e. The molecule has 9 heavy (non-hydrogen) atoms. The average molecular weight is 126 g/mol. The van der Waals surface area contributed by atoms with Crippen molar-refractivity contribution in [3.8, 4) is 11.8 Å². The molecule has 0 aliphatic carbocycles. The van der Waals surface area contributed by atoms with Crippen LogP contribution in [0, 0.1) is 11.8 Å². The van der Waals surface area contributed by atoms with E-state index in [2.05, 4.69) is 11.8 Å². The van der Waals surface area contributed by atoms with Crippen LogP contribution in [0.25, 0.3) is 0 Å². The van der Waals surface area contributed by atoms with Crippen LogP contribution in [0.4, 0.5) is 0 Å². The quantitative estimate of drug-likeness (QED) is 0.315. The average Bonchev–Trinajstić information content (AvgIpc) is 1.89. The molecule has 50 valence electrons. The summed E-state index contributed by atoms with van der Waals surface area (Å²) in [5, 5.41) is 0. The SMILES string of the molecule is CCOCC#CCC=O. The molecule has 0 atom stereocenters. The van der Waals surface area contributed by atoms with E-state index < -0.39 is 0 Å². The zero-order chi connectivity index (χ0) is 6.95.